The van der Waals surface area contributed by atoms with Crippen molar-refractivity contribution < 1.29 is 30.8 Å². The third-order valence-corrected chi connectivity index (χ3v) is 4.24. The molecule has 1 aromatic heterocycles. The molecule has 0 spiro atoms. The Hall–Kier alpha value is -1.36. The number of hydrogen-bond donors (Lipinski definition) is 0. The lowest BCUT2D eigenvalue weighted by molar-refractivity contribution is -0.157. The van der Waals surface area contributed by atoms with Gasteiger partial charge in [0.2, 0.25) is 15.0 Å². The molecule has 1 aromatic rings. The largest absolute Gasteiger partial charge is 0.470 e. The minimum Gasteiger partial charge on any atom is -0.399 e. The highest BCUT2D eigenvalue weighted by Crippen LogP contribution is 2.31. The van der Waals surface area contributed by atoms with Gasteiger partial charge in [0, 0.05) is 23.6 Å². The molecule has 1 atom stereocenters. The number of halogens is 4. The Morgan fingerprint density at radius 2 is 2.00 bits per heavy atom. The average molecular weight is 320 g/mol. The molecule has 2 heterocycles. The molecule has 12 heteroatoms. The van der Waals surface area contributed by atoms with E-state index in [2.05, 4.69) is 14.6 Å². The Balaban J connectivity index is 2.24. The maximum absolute atomic E-state index is 12.2. The van der Waals surface area contributed by atoms with Crippen molar-refractivity contribution >= 4 is 31.7 Å². The molecule has 2 rings (SSSR count). The van der Waals surface area contributed by atoms with Crippen LogP contribution in [0.1, 0.15) is 12.3 Å². The van der Waals surface area contributed by atoms with E-state index < -0.39 is 51.3 Å². The predicted octanol–water partition coefficient (Wildman–Crippen LogP) is 0.762. The van der Waals surface area contributed by atoms with Crippen molar-refractivity contribution in [3.8, 4) is 0 Å². The first-order valence-electron chi connectivity index (χ1n) is 4.73. The van der Waals surface area contributed by atoms with Gasteiger partial charge in [-0.2, -0.15) is 13.2 Å². The van der Waals surface area contributed by atoms with Crippen LogP contribution >= 0.6 is 10.7 Å². The van der Waals surface area contributed by atoms with Crippen LogP contribution in [0.5, 0.6) is 0 Å². The highest BCUT2D eigenvalue weighted by atomic mass is 35.7. The van der Waals surface area contributed by atoms with Gasteiger partial charge < -0.3 is 4.42 Å². The minimum absolute atomic E-state index is 0.426. The third-order valence-electron chi connectivity index (χ3n) is 2.38. The summed E-state index contributed by atoms with van der Waals surface area (Å²) in [6.07, 6.45) is -5.29. The van der Waals surface area contributed by atoms with Gasteiger partial charge >= 0.3 is 18.1 Å². The van der Waals surface area contributed by atoms with E-state index in [1.807, 2.05) is 0 Å². The van der Waals surface area contributed by atoms with E-state index in [-0.39, 0.29) is 0 Å². The van der Waals surface area contributed by atoms with E-state index in [9.17, 15) is 26.4 Å². The summed E-state index contributed by atoms with van der Waals surface area (Å²) in [4.78, 5) is 12.1. The molecular formula is C7H5ClF3N3O4S. The summed E-state index contributed by atoms with van der Waals surface area (Å²) in [6.45, 7) is -0.426. The lowest BCUT2D eigenvalue weighted by Gasteiger charge is -2.09. The van der Waals surface area contributed by atoms with E-state index in [4.69, 9.17) is 10.7 Å². The fourth-order valence-electron chi connectivity index (χ4n) is 1.49. The van der Waals surface area contributed by atoms with Gasteiger partial charge in [-0.05, 0) is 0 Å². The van der Waals surface area contributed by atoms with Crippen molar-refractivity contribution in [2.75, 3.05) is 11.4 Å². The number of alkyl halides is 3. The maximum atomic E-state index is 12.2. The molecule has 19 heavy (non-hydrogen) atoms. The second-order valence-corrected chi connectivity index (χ2v) is 6.60. The quantitative estimate of drug-likeness (QED) is 0.747. The number of carbonyl (C=O) groups excluding carboxylic acids is 1. The molecule has 0 saturated carbocycles. The van der Waals surface area contributed by atoms with Gasteiger partial charge in [-0.25, -0.2) is 8.42 Å². The standard InChI is InChI=1S/C7H5ClF3N3O4S/c8-19(16,17)3-1-4(15)14(2-3)6-13-12-5(18-6)7(9,10)11/h3H,1-2H2. The normalized spacial score (nSPS) is 21.2. The van der Waals surface area contributed by atoms with Crippen molar-refractivity contribution in [3.05, 3.63) is 5.89 Å². The number of hydrogen-bond acceptors (Lipinski definition) is 6. The molecular weight excluding hydrogens is 315 g/mol. The molecule has 1 amide bonds. The first-order valence-corrected chi connectivity index (χ1v) is 7.11. The molecule has 0 radical (unpaired) electrons. The van der Waals surface area contributed by atoms with Crippen LogP contribution in [0.15, 0.2) is 4.42 Å². The van der Waals surface area contributed by atoms with Gasteiger partial charge in [-0.1, -0.05) is 5.10 Å². The summed E-state index contributed by atoms with van der Waals surface area (Å²) < 4.78 is 63.1. The number of rotatable bonds is 2. The molecule has 1 fully saturated rings. The van der Waals surface area contributed by atoms with E-state index >= 15 is 0 Å². The fourth-order valence-corrected chi connectivity index (χ4v) is 2.51. The topological polar surface area (TPSA) is 93.4 Å². The predicted molar refractivity (Wildman–Crippen MR) is 54.8 cm³/mol. The Kier molecular flexibility index (Phi) is 3.21. The van der Waals surface area contributed by atoms with Crippen molar-refractivity contribution in [2.24, 2.45) is 0 Å². The van der Waals surface area contributed by atoms with E-state index in [1.165, 1.54) is 0 Å². The molecule has 7 nitrogen and oxygen atoms in total. The zero-order chi connectivity index (χ0) is 14.4. The average Bonchev–Trinajstić information content (AvgIpc) is 2.80. The van der Waals surface area contributed by atoms with E-state index in [1.54, 1.807) is 0 Å². The molecule has 0 N–H and O–H groups in total. The number of nitrogens with zero attached hydrogens (tertiary/aromatic N) is 3. The summed E-state index contributed by atoms with van der Waals surface area (Å²) in [7, 11) is 1.08. The van der Waals surface area contributed by atoms with Crippen molar-refractivity contribution in [3.63, 3.8) is 0 Å². The highest BCUT2D eigenvalue weighted by molar-refractivity contribution is 8.14. The van der Waals surface area contributed by atoms with Gasteiger partial charge in [-0.15, -0.1) is 5.10 Å². The highest BCUT2D eigenvalue weighted by Gasteiger charge is 2.43. The fraction of sp³-hybridized carbons (Fsp3) is 0.571. The van der Waals surface area contributed by atoms with Crippen LogP contribution in [0.4, 0.5) is 19.2 Å². The van der Waals surface area contributed by atoms with Crippen LogP contribution in [-0.2, 0) is 20.0 Å². The second-order valence-electron chi connectivity index (χ2n) is 3.69. The third kappa shape index (κ3) is 2.81. The molecule has 0 bridgehead atoms. The molecule has 106 valence electrons. The first kappa shape index (κ1) is 14.1. The summed E-state index contributed by atoms with van der Waals surface area (Å²) in [5.41, 5.74) is 0. The minimum atomic E-state index is -4.84. The molecule has 1 aliphatic heterocycles. The molecule has 1 saturated heterocycles. The van der Waals surface area contributed by atoms with E-state index in [0.717, 1.165) is 0 Å². The van der Waals surface area contributed by atoms with Crippen LogP contribution in [0.2, 0.25) is 0 Å². The monoisotopic (exact) mass is 319 g/mol. The van der Waals surface area contributed by atoms with Gasteiger partial charge in [0.05, 0.1) is 0 Å². The van der Waals surface area contributed by atoms with Gasteiger partial charge in [0.15, 0.2) is 0 Å². The van der Waals surface area contributed by atoms with Crippen LogP contribution in [0, 0.1) is 0 Å². The Bertz CT molecular complexity index is 613. The smallest absolute Gasteiger partial charge is 0.399 e. The van der Waals surface area contributed by atoms with Crippen molar-refractivity contribution in [1.82, 2.24) is 10.2 Å². The summed E-state index contributed by atoms with van der Waals surface area (Å²) in [5.74, 6) is -2.38. The van der Waals surface area contributed by atoms with Crippen LogP contribution < -0.4 is 4.90 Å². The van der Waals surface area contributed by atoms with Crippen LogP contribution in [0.3, 0.4) is 0 Å². The zero-order valence-electron chi connectivity index (χ0n) is 8.89. The Morgan fingerprint density at radius 3 is 2.42 bits per heavy atom. The maximum Gasteiger partial charge on any atom is 0.470 e. The Morgan fingerprint density at radius 1 is 1.37 bits per heavy atom. The SMILES string of the molecule is O=C1CC(S(=O)(=O)Cl)CN1c1nnc(C(F)(F)F)o1. The summed E-state index contributed by atoms with van der Waals surface area (Å²) in [6, 6.07) is -0.708. The number of anilines is 1. The number of aromatic nitrogens is 2. The molecule has 1 unspecified atom stereocenters. The number of carbonyl (C=O) groups is 1. The van der Waals surface area contributed by atoms with Gasteiger partial charge in [0.25, 0.3) is 0 Å². The van der Waals surface area contributed by atoms with Crippen molar-refractivity contribution in [1.29, 1.82) is 0 Å². The first-order chi connectivity index (χ1) is 8.59. The van der Waals surface area contributed by atoms with Gasteiger partial charge in [-0.3, -0.25) is 9.69 Å². The zero-order valence-corrected chi connectivity index (χ0v) is 10.5. The number of amides is 1. The van der Waals surface area contributed by atoms with Crippen molar-refractivity contribution in [2.45, 2.75) is 17.8 Å². The van der Waals surface area contributed by atoms with Gasteiger partial charge in [0.1, 0.15) is 5.25 Å². The summed E-state index contributed by atoms with van der Waals surface area (Å²) >= 11 is 0. The summed E-state index contributed by atoms with van der Waals surface area (Å²) in [5, 5.41) is 4.58. The van der Waals surface area contributed by atoms with E-state index in [0.29, 0.717) is 4.90 Å². The molecule has 0 aromatic carbocycles. The van der Waals surface area contributed by atoms with Crippen LogP contribution in [-0.4, -0.2) is 36.3 Å². The lowest BCUT2D eigenvalue weighted by Crippen LogP contribution is -2.27. The molecule has 1 aliphatic rings. The lowest BCUT2D eigenvalue weighted by atomic mass is 10.4. The second kappa shape index (κ2) is 4.34. The molecule has 0 aliphatic carbocycles. The van der Waals surface area contributed by atoms with Crippen LogP contribution in [0.25, 0.3) is 0 Å². The Labute approximate surface area is 108 Å².